The van der Waals surface area contributed by atoms with Crippen molar-refractivity contribution in [1.82, 2.24) is 4.57 Å². The molecule has 0 N–H and O–H groups in total. The van der Waals surface area contributed by atoms with Gasteiger partial charge in [-0.25, -0.2) is 0 Å². The van der Waals surface area contributed by atoms with Crippen molar-refractivity contribution in [1.29, 1.82) is 0 Å². The molecule has 56 heavy (non-hydrogen) atoms. The van der Waals surface area contributed by atoms with Gasteiger partial charge >= 0.3 is 0 Å². The summed E-state index contributed by atoms with van der Waals surface area (Å²) in [6.45, 7) is 0. The van der Waals surface area contributed by atoms with Crippen LogP contribution in [-0.4, -0.2) is 4.57 Å². The molecule has 0 saturated carbocycles. The van der Waals surface area contributed by atoms with Crippen LogP contribution < -0.4 is 4.90 Å². The van der Waals surface area contributed by atoms with Gasteiger partial charge < -0.3 is 9.47 Å². The van der Waals surface area contributed by atoms with Gasteiger partial charge in [-0.1, -0.05) is 170 Å². The summed E-state index contributed by atoms with van der Waals surface area (Å²) in [4.78, 5) is 2.37. The van der Waals surface area contributed by atoms with E-state index in [0.29, 0.717) is 0 Å². The zero-order valence-corrected chi connectivity index (χ0v) is 30.8. The zero-order chi connectivity index (χ0) is 37.3. The van der Waals surface area contributed by atoms with Gasteiger partial charge in [-0.05, 0) is 105 Å². The molecule has 0 aliphatic heterocycles. The minimum atomic E-state index is 1.10. The van der Waals surface area contributed by atoms with Crippen molar-refractivity contribution in [3.8, 4) is 50.2 Å². The number of anilines is 3. The fourth-order valence-electron chi connectivity index (χ4n) is 7.98. The molecule has 2 heteroatoms. The molecule has 0 aliphatic rings. The maximum Gasteiger partial charge on any atom is 0.0542 e. The molecule has 0 amide bonds. The standard InChI is InChI=1S/C54H38N2/c1-4-12-39(13-5-1)41-20-24-43(25-21-41)45-28-32-48(33-29-45)55(49-34-30-46(31-35-49)44-26-22-42(23-27-44)40-14-6-2-7-15-40)50-36-37-54-52(38-50)51-18-10-11-19-53(51)56(54)47-16-8-3-9-17-47/h1-38H. The van der Waals surface area contributed by atoms with E-state index in [-0.39, 0.29) is 0 Å². The van der Waals surface area contributed by atoms with E-state index in [4.69, 9.17) is 0 Å². The second-order valence-electron chi connectivity index (χ2n) is 14.2. The van der Waals surface area contributed by atoms with E-state index < -0.39 is 0 Å². The summed E-state index contributed by atoms with van der Waals surface area (Å²) in [7, 11) is 0. The van der Waals surface area contributed by atoms with Crippen molar-refractivity contribution < 1.29 is 0 Å². The lowest BCUT2D eigenvalue weighted by molar-refractivity contribution is 1.18. The molecule has 2 nitrogen and oxygen atoms in total. The zero-order valence-electron chi connectivity index (χ0n) is 30.8. The first-order valence-electron chi connectivity index (χ1n) is 19.2. The molecular weight excluding hydrogens is 677 g/mol. The van der Waals surface area contributed by atoms with Gasteiger partial charge in [0.05, 0.1) is 11.0 Å². The van der Waals surface area contributed by atoms with Crippen LogP contribution in [0.25, 0.3) is 72.0 Å². The van der Waals surface area contributed by atoms with Crippen LogP contribution >= 0.6 is 0 Å². The smallest absolute Gasteiger partial charge is 0.0542 e. The Hall–Kier alpha value is -7.42. The average Bonchev–Trinajstić information content (AvgIpc) is 3.62. The molecule has 10 rings (SSSR count). The predicted molar refractivity (Wildman–Crippen MR) is 237 cm³/mol. The number of hydrogen-bond acceptors (Lipinski definition) is 1. The lowest BCUT2D eigenvalue weighted by atomic mass is 9.99. The first-order chi connectivity index (χ1) is 27.8. The van der Waals surface area contributed by atoms with Crippen LogP contribution in [0.5, 0.6) is 0 Å². The Bertz CT molecular complexity index is 2770. The van der Waals surface area contributed by atoms with Gasteiger partial charge in [0.15, 0.2) is 0 Å². The molecular formula is C54H38N2. The Morgan fingerprint density at radius 2 is 0.589 bits per heavy atom. The van der Waals surface area contributed by atoms with E-state index in [1.54, 1.807) is 0 Å². The molecule has 0 radical (unpaired) electrons. The topological polar surface area (TPSA) is 8.17 Å². The molecule has 10 aromatic rings. The number of fused-ring (bicyclic) bond motifs is 3. The molecule has 0 bridgehead atoms. The summed E-state index contributed by atoms with van der Waals surface area (Å²) in [5, 5.41) is 2.45. The molecule has 0 spiro atoms. The Kier molecular flexibility index (Phi) is 8.55. The minimum absolute atomic E-state index is 1.10. The summed E-state index contributed by atoms with van der Waals surface area (Å²) in [5.41, 5.74) is 16.5. The van der Waals surface area contributed by atoms with Crippen LogP contribution in [0.4, 0.5) is 17.1 Å². The Balaban J connectivity index is 1.04. The third-order valence-corrected chi connectivity index (χ3v) is 10.8. The number of rotatable bonds is 8. The fraction of sp³-hybridized carbons (Fsp3) is 0. The van der Waals surface area contributed by atoms with E-state index >= 15 is 0 Å². The van der Waals surface area contributed by atoms with Gasteiger partial charge in [0, 0.05) is 33.5 Å². The molecule has 264 valence electrons. The van der Waals surface area contributed by atoms with E-state index in [0.717, 1.165) is 22.7 Å². The lowest BCUT2D eigenvalue weighted by Crippen LogP contribution is -2.10. The van der Waals surface area contributed by atoms with Gasteiger partial charge in [-0.2, -0.15) is 0 Å². The number of benzene rings is 9. The van der Waals surface area contributed by atoms with Crippen molar-refractivity contribution in [2.24, 2.45) is 0 Å². The van der Waals surface area contributed by atoms with Gasteiger partial charge in [0.2, 0.25) is 0 Å². The Labute approximate surface area is 327 Å². The molecule has 0 unspecified atom stereocenters. The second kappa shape index (κ2) is 14.4. The van der Waals surface area contributed by atoms with Crippen molar-refractivity contribution in [3.05, 3.63) is 231 Å². The number of para-hydroxylation sites is 2. The van der Waals surface area contributed by atoms with Gasteiger partial charge in [0.1, 0.15) is 0 Å². The summed E-state index contributed by atoms with van der Waals surface area (Å²) < 4.78 is 2.37. The van der Waals surface area contributed by atoms with Crippen LogP contribution in [0.2, 0.25) is 0 Å². The molecule has 1 aromatic heterocycles. The van der Waals surface area contributed by atoms with Crippen molar-refractivity contribution in [2.45, 2.75) is 0 Å². The fourth-order valence-corrected chi connectivity index (χ4v) is 7.98. The van der Waals surface area contributed by atoms with Gasteiger partial charge in [-0.15, -0.1) is 0 Å². The molecule has 0 fully saturated rings. The number of hydrogen-bond donors (Lipinski definition) is 0. The highest BCUT2D eigenvalue weighted by molar-refractivity contribution is 6.10. The molecule has 1 heterocycles. The molecule has 0 aliphatic carbocycles. The van der Waals surface area contributed by atoms with E-state index in [9.17, 15) is 0 Å². The normalized spacial score (nSPS) is 11.2. The Morgan fingerprint density at radius 1 is 0.250 bits per heavy atom. The molecule has 0 saturated heterocycles. The van der Waals surface area contributed by atoms with Crippen LogP contribution in [0.1, 0.15) is 0 Å². The van der Waals surface area contributed by atoms with Crippen LogP contribution in [0.15, 0.2) is 231 Å². The van der Waals surface area contributed by atoms with E-state index in [1.165, 1.54) is 66.3 Å². The van der Waals surface area contributed by atoms with Crippen LogP contribution in [-0.2, 0) is 0 Å². The summed E-state index contributed by atoms with van der Waals surface area (Å²) in [6.07, 6.45) is 0. The lowest BCUT2D eigenvalue weighted by Gasteiger charge is -2.26. The largest absolute Gasteiger partial charge is 0.310 e. The number of nitrogens with zero attached hydrogens (tertiary/aromatic N) is 2. The quantitative estimate of drug-likeness (QED) is 0.152. The van der Waals surface area contributed by atoms with Crippen molar-refractivity contribution in [3.63, 3.8) is 0 Å². The number of aromatic nitrogens is 1. The van der Waals surface area contributed by atoms with E-state index in [1.807, 2.05) is 0 Å². The summed E-state index contributed by atoms with van der Waals surface area (Å²) in [6, 6.07) is 83.0. The third kappa shape index (κ3) is 6.24. The van der Waals surface area contributed by atoms with Gasteiger partial charge in [-0.3, -0.25) is 0 Å². The highest BCUT2D eigenvalue weighted by atomic mass is 15.1. The van der Waals surface area contributed by atoms with Gasteiger partial charge in [0.25, 0.3) is 0 Å². The minimum Gasteiger partial charge on any atom is -0.310 e. The highest BCUT2D eigenvalue weighted by Crippen LogP contribution is 2.41. The predicted octanol–water partition coefficient (Wildman–Crippen LogP) is 14.9. The van der Waals surface area contributed by atoms with Crippen molar-refractivity contribution >= 4 is 38.9 Å². The van der Waals surface area contributed by atoms with E-state index in [2.05, 4.69) is 240 Å². The SMILES string of the molecule is c1ccc(-c2ccc(-c3ccc(N(c4ccc(-c5ccc(-c6ccccc6)cc5)cc4)c4ccc5c(c4)c4ccccc4n5-c4ccccc4)cc3)cc2)cc1. The first-order valence-corrected chi connectivity index (χ1v) is 19.2. The van der Waals surface area contributed by atoms with Crippen LogP contribution in [0, 0.1) is 0 Å². The maximum atomic E-state index is 2.37. The second-order valence-corrected chi connectivity index (χ2v) is 14.2. The maximum absolute atomic E-state index is 2.37. The monoisotopic (exact) mass is 714 g/mol. The average molecular weight is 715 g/mol. The highest BCUT2D eigenvalue weighted by Gasteiger charge is 2.18. The Morgan fingerprint density at radius 3 is 1.05 bits per heavy atom. The van der Waals surface area contributed by atoms with Crippen LogP contribution in [0.3, 0.4) is 0 Å². The first kappa shape index (κ1) is 33.2. The van der Waals surface area contributed by atoms with Crippen molar-refractivity contribution in [2.75, 3.05) is 4.90 Å². The molecule has 9 aromatic carbocycles. The third-order valence-electron chi connectivity index (χ3n) is 10.8. The summed E-state index contributed by atoms with van der Waals surface area (Å²) >= 11 is 0. The summed E-state index contributed by atoms with van der Waals surface area (Å²) in [5.74, 6) is 0. The molecule has 0 atom stereocenters.